The molecule has 88 valence electrons. The molecule has 0 radical (unpaired) electrons. The molecule has 0 bridgehead atoms. The molecule has 0 aliphatic heterocycles. The summed E-state index contributed by atoms with van der Waals surface area (Å²) in [6.45, 7) is 2.25. The van der Waals surface area contributed by atoms with Gasteiger partial charge in [0, 0.05) is 30.7 Å². The third-order valence-corrected chi connectivity index (χ3v) is 2.69. The second kappa shape index (κ2) is 6.51. The number of hydrogen-bond donors (Lipinski definition) is 1. The minimum absolute atomic E-state index is 0.00843. The van der Waals surface area contributed by atoms with E-state index in [2.05, 4.69) is 5.32 Å². The Balaban J connectivity index is 2.68. The van der Waals surface area contributed by atoms with Crippen molar-refractivity contribution in [3.63, 3.8) is 0 Å². The summed E-state index contributed by atoms with van der Waals surface area (Å²) >= 11 is 6.05. The fraction of sp³-hybridized carbons (Fsp3) is 0.417. The van der Waals surface area contributed by atoms with Crippen LogP contribution in [0.1, 0.15) is 25.0 Å². The van der Waals surface area contributed by atoms with Crippen LogP contribution in [0.15, 0.2) is 24.3 Å². The zero-order chi connectivity index (χ0) is 12.0. The third-order valence-electron chi connectivity index (χ3n) is 2.34. The second-order valence-corrected chi connectivity index (χ2v) is 3.81. The molecule has 0 saturated carbocycles. The number of benzene rings is 1. The van der Waals surface area contributed by atoms with Crippen LogP contribution in [0.2, 0.25) is 5.02 Å². The number of rotatable bonds is 5. The molecule has 1 aromatic carbocycles. The molecule has 1 unspecified atom stereocenters. The average Bonchev–Trinajstić information content (AvgIpc) is 2.31. The average molecular weight is 242 g/mol. The lowest BCUT2D eigenvalue weighted by atomic mass is 10.1. The zero-order valence-corrected chi connectivity index (χ0v) is 10.3. The van der Waals surface area contributed by atoms with Gasteiger partial charge in [0.2, 0.25) is 5.91 Å². The second-order valence-electron chi connectivity index (χ2n) is 3.40. The summed E-state index contributed by atoms with van der Waals surface area (Å²) in [6.07, 6.45) is 0.267. The van der Waals surface area contributed by atoms with Gasteiger partial charge in [-0.15, -0.1) is 0 Å². The standard InChI is InChI=1S/C12H16ClNO2/c1-3-12(15)14-8-11(16-2)9-6-4-5-7-10(9)13/h4-7,11H,3,8H2,1-2H3,(H,14,15). The number of nitrogens with one attached hydrogen (secondary N) is 1. The Morgan fingerprint density at radius 2 is 2.19 bits per heavy atom. The van der Waals surface area contributed by atoms with E-state index in [0.717, 1.165) is 5.56 Å². The molecule has 0 saturated heterocycles. The summed E-state index contributed by atoms with van der Waals surface area (Å²) in [5, 5.41) is 3.44. The van der Waals surface area contributed by atoms with E-state index in [1.165, 1.54) is 0 Å². The summed E-state index contributed by atoms with van der Waals surface area (Å²) < 4.78 is 5.31. The Bertz CT molecular complexity index is 355. The predicted octanol–water partition coefficient (Wildman–Crippen LogP) is 2.55. The van der Waals surface area contributed by atoms with E-state index in [9.17, 15) is 4.79 Å². The van der Waals surface area contributed by atoms with E-state index in [1.807, 2.05) is 31.2 Å². The molecule has 0 spiro atoms. The van der Waals surface area contributed by atoms with Gasteiger partial charge in [-0.1, -0.05) is 36.7 Å². The van der Waals surface area contributed by atoms with Crippen LogP contribution in [0, 0.1) is 0 Å². The van der Waals surface area contributed by atoms with E-state index in [4.69, 9.17) is 16.3 Å². The van der Waals surface area contributed by atoms with Crippen molar-refractivity contribution in [3.8, 4) is 0 Å². The van der Waals surface area contributed by atoms with E-state index in [0.29, 0.717) is 18.0 Å². The summed E-state index contributed by atoms with van der Waals surface area (Å²) in [4.78, 5) is 11.1. The topological polar surface area (TPSA) is 38.3 Å². The molecule has 1 aromatic rings. The van der Waals surface area contributed by atoms with Crippen LogP contribution in [0.5, 0.6) is 0 Å². The molecule has 1 amide bonds. The van der Waals surface area contributed by atoms with Crippen LogP contribution in [-0.4, -0.2) is 19.6 Å². The molecular weight excluding hydrogens is 226 g/mol. The van der Waals surface area contributed by atoms with Gasteiger partial charge >= 0.3 is 0 Å². The van der Waals surface area contributed by atoms with Gasteiger partial charge in [0.1, 0.15) is 6.10 Å². The van der Waals surface area contributed by atoms with Gasteiger partial charge in [-0.3, -0.25) is 4.79 Å². The van der Waals surface area contributed by atoms with Crippen molar-refractivity contribution >= 4 is 17.5 Å². The highest BCUT2D eigenvalue weighted by Gasteiger charge is 2.14. The molecule has 0 heterocycles. The predicted molar refractivity (Wildman–Crippen MR) is 64.5 cm³/mol. The summed E-state index contributed by atoms with van der Waals surface area (Å²) in [7, 11) is 1.60. The highest BCUT2D eigenvalue weighted by Crippen LogP contribution is 2.24. The number of carbonyl (C=O) groups is 1. The highest BCUT2D eigenvalue weighted by atomic mass is 35.5. The van der Waals surface area contributed by atoms with Crippen molar-refractivity contribution in [3.05, 3.63) is 34.9 Å². The number of hydrogen-bond acceptors (Lipinski definition) is 2. The maximum absolute atomic E-state index is 11.1. The van der Waals surface area contributed by atoms with Crippen molar-refractivity contribution in [2.45, 2.75) is 19.4 Å². The lowest BCUT2D eigenvalue weighted by molar-refractivity contribution is -0.121. The van der Waals surface area contributed by atoms with Gasteiger partial charge in [0.05, 0.1) is 0 Å². The van der Waals surface area contributed by atoms with Gasteiger partial charge < -0.3 is 10.1 Å². The monoisotopic (exact) mass is 241 g/mol. The molecule has 16 heavy (non-hydrogen) atoms. The first-order valence-corrected chi connectivity index (χ1v) is 5.60. The van der Waals surface area contributed by atoms with Crippen LogP contribution < -0.4 is 5.32 Å². The lowest BCUT2D eigenvalue weighted by Gasteiger charge is -2.17. The quantitative estimate of drug-likeness (QED) is 0.861. The van der Waals surface area contributed by atoms with Crippen LogP contribution in [0.25, 0.3) is 0 Å². The number of ether oxygens (including phenoxy) is 1. The molecule has 1 N–H and O–H groups in total. The van der Waals surface area contributed by atoms with Crippen molar-refractivity contribution in [1.29, 1.82) is 0 Å². The molecule has 0 fully saturated rings. The van der Waals surface area contributed by atoms with Crippen LogP contribution in [-0.2, 0) is 9.53 Å². The maximum atomic E-state index is 11.1. The van der Waals surface area contributed by atoms with Crippen molar-refractivity contribution < 1.29 is 9.53 Å². The van der Waals surface area contributed by atoms with Gasteiger partial charge in [0.25, 0.3) is 0 Å². The summed E-state index contributed by atoms with van der Waals surface area (Å²) in [5.74, 6) is 0.00843. The van der Waals surface area contributed by atoms with Gasteiger partial charge in [-0.2, -0.15) is 0 Å². The minimum atomic E-state index is -0.204. The van der Waals surface area contributed by atoms with E-state index in [-0.39, 0.29) is 12.0 Å². The SMILES string of the molecule is CCC(=O)NCC(OC)c1ccccc1Cl. The Labute approximate surface area is 101 Å². The number of carbonyl (C=O) groups excluding carboxylic acids is 1. The van der Waals surface area contributed by atoms with E-state index in [1.54, 1.807) is 7.11 Å². The number of amides is 1. The molecule has 0 aromatic heterocycles. The van der Waals surface area contributed by atoms with Crippen molar-refractivity contribution in [1.82, 2.24) is 5.32 Å². The van der Waals surface area contributed by atoms with Gasteiger partial charge in [-0.05, 0) is 6.07 Å². The normalized spacial score (nSPS) is 12.2. The fourth-order valence-corrected chi connectivity index (χ4v) is 1.65. The van der Waals surface area contributed by atoms with E-state index >= 15 is 0 Å². The molecule has 0 aliphatic rings. The Hall–Kier alpha value is -1.06. The first-order chi connectivity index (χ1) is 7.69. The van der Waals surface area contributed by atoms with Crippen LogP contribution >= 0.6 is 11.6 Å². The Morgan fingerprint density at radius 1 is 1.50 bits per heavy atom. The van der Waals surface area contributed by atoms with E-state index < -0.39 is 0 Å². The summed E-state index contributed by atoms with van der Waals surface area (Å²) in [5.41, 5.74) is 0.892. The van der Waals surface area contributed by atoms with Gasteiger partial charge in [0.15, 0.2) is 0 Å². The smallest absolute Gasteiger partial charge is 0.219 e. The van der Waals surface area contributed by atoms with Crippen LogP contribution in [0.4, 0.5) is 0 Å². The maximum Gasteiger partial charge on any atom is 0.219 e. The molecule has 0 aliphatic carbocycles. The van der Waals surface area contributed by atoms with Crippen molar-refractivity contribution in [2.24, 2.45) is 0 Å². The molecular formula is C12H16ClNO2. The number of halogens is 1. The largest absolute Gasteiger partial charge is 0.375 e. The summed E-state index contributed by atoms with van der Waals surface area (Å²) in [6, 6.07) is 7.47. The third kappa shape index (κ3) is 3.51. The molecule has 1 rings (SSSR count). The fourth-order valence-electron chi connectivity index (χ4n) is 1.39. The first-order valence-electron chi connectivity index (χ1n) is 5.23. The molecule has 1 atom stereocenters. The Kier molecular flexibility index (Phi) is 5.29. The molecule has 4 heteroatoms. The van der Waals surface area contributed by atoms with Crippen LogP contribution in [0.3, 0.4) is 0 Å². The first kappa shape index (κ1) is 13.0. The van der Waals surface area contributed by atoms with Crippen molar-refractivity contribution in [2.75, 3.05) is 13.7 Å². The van der Waals surface area contributed by atoms with Gasteiger partial charge in [-0.25, -0.2) is 0 Å². The Morgan fingerprint density at radius 3 is 2.75 bits per heavy atom. The molecule has 3 nitrogen and oxygen atoms in total. The minimum Gasteiger partial charge on any atom is -0.375 e. The lowest BCUT2D eigenvalue weighted by Crippen LogP contribution is -2.28. The zero-order valence-electron chi connectivity index (χ0n) is 9.50. The number of methoxy groups -OCH3 is 1. The highest BCUT2D eigenvalue weighted by molar-refractivity contribution is 6.31.